The smallest absolute Gasteiger partial charge is 0.234 e. The van der Waals surface area contributed by atoms with Crippen LogP contribution in [0.15, 0.2) is 0 Å². The molecule has 1 amide bonds. The van der Waals surface area contributed by atoms with Crippen molar-refractivity contribution in [1.29, 1.82) is 0 Å². The predicted octanol–water partition coefficient (Wildman–Crippen LogP) is 3.24. The summed E-state index contributed by atoms with van der Waals surface area (Å²) in [6.45, 7) is 7.49. The lowest BCUT2D eigenvalue weighted by Gasteiger charge is -2.48. The van der Waals surface area contributed by atoms with Crippen molar-refractivity contribution in [1.82, 2.24) is 10.6 Å². The summed E-state index contributed by atoms with van der Waals surface area (Å²) < 4.78 is 0. The van der Waals surface area contributed by atoms with E-state index >= 15 is 0 Å². The molecule has 0 aromatic heterocycles. The zero-order valence-electron chi connectivity index (χ0n) is 14.0. The standard InChI is InChI=1S/C18H32N2O/c1-17(2)13-9-10-14(11-13)18(17,3)20-16(21)12-19-15-7-5-4-6-8-15/h13-15,19H,4-12H2,1-3H3,(H,20,21)/t13-,14-,18-/m0/s1. The van der Waals surface area contributed by atoms with Crippen LogP contribution < -0.4 is 10.6 Å². The number of carbonyl (C=O) groups is 1. The van der Waals surface area contributed by atoms with E-state index in [0.717, 1.165) is 5.92 Å². The van der Waals surface area contributed by atoms with Gasteiger partial charge in [-0.2, -0.15) is 0 Å². The minimum atomic E-state index is -0.0127. The fraction of sp³-hybridized carbons (Fsp3) is 0.944. The van der Waals surface area contributed by atoms with Crippen LogP contribution in [0.4, 0.5) is 0 Å². The van der Waals surface area contributed by atoms with Crippen molar-refractivity contribution in [3.63, 3.8) is 0 Å². The largest absolute Gasteiger partial charge is 0.349 e. The zero-order chi connectivity index (χ0) is 15.1. The first-order valence-electron chi connectivity index (χ1n) is 8.98. The molecule has 0 aromatic carbocycles. The highest BCUT2D eigenvalue weighted by Crippen LogP contribution is 2.61. The maximum Gasteiger partial charge on any atom is 0.234 e. The molecule has 2 N–H and O–H groups in total. The van der Waals surface area contributed by atoms with Crippen molar-refractivity contribution in [3.05, 3.63) is 0 Å². The third-order valence-electron chi connectivity index (χ3n) is 7.16. The maximum atomic E-state index is 12.4. The van der Waals surface area contributed by atoms with Gasteiger partial charge in [0.2, 0.25) is 5.91 Å². The molecule has 21 heavy (non-hydrogen) atoms. The molecular weight excluding hydrogens is 260 g/mol. The lowest BCUT2D eigenvalue weighted by molar-refractivity contribution is -0.124. The highest BCUT2D eigenvalue weighted by Gasteiger charge is 2.60. The van der Waals surface area contributed by atoms with Crippen LogP contribution >= 0.6 is 0 Å². The van der Waals surface area contributed by atoms with E-state index in [1.165, 1.54) is 51.4 Å². The average molecular weight is 292 g/mol. The summed E-state index contributed by atoms with van der Waals surface area (Å²) in [6.07, 6.45) is 10.4. The summed E-state index contributed by atoms with van der Waals surface area (Å²) in [4.78, 5) is 12.4. The number of amides is 1. The highest BCUT2D eigenvalue weighted by molar-refractivity contribution is 5.79. The summed E-state index contributed by atoms with van der Waals surface area (Å²) in [5.74, 6) is 1.67. The second-order valence-electron chi connectivity index (χ2n) is 8.39. The van der Waals surface area contributed by atoms with Gasteiger partial charge in [-0.05, 0) is 56.3 Å². The van der Waals surface area contributed by atoms with Gasteiger partial charge in [-0.15, -0.1) is 0 Å². The van der Waals surface area contributed by atoms with Gasteiger partial charge in [-0.1, -0.05) is 33.1 Å². The predicted molar refractivity (Wildman–Crippen MR) is 86.0 cm³/mol. The molecule has 3 saturated carbocycles. The SMILES string of the molecule is CC1(C)[C@H]2CC[C@@H](C2)[C@]1(C)NC(=O)CNC1CCCCC1. The monoisotopic (exact) mass is 292 g/mol. The van der Waals surface area contributed by atoms with Crippen molar-refractivity contribution in [2.24, 2.45) is 17.3 Å². The lowest BCUT2D eigenvalue weighted by Crippen LogP contribution is -2.60. The number of hydrogen-bond acceptors (Lipinski definition) is 2. The summed E-state index contributed by atoms with van der Waals surface area (Å²) in [5, 5.41) is 6.89. The van der Waals surface area contributed by atoms with E-state index < -0.39 is 0 Å². The number of hydrogen-bond donors (Lipinski definition) is 2. The van der Waals surface area contributed by atoms with Crippen molar-refractivity contribution in [3.8, 4) is 0 Å². The van der Waals surface area contributed by atoms with Crippen molar-refractivity contribution in [2.75, 3.05) is 6.54 Å². The Balaban J connectivity index is 1.54. The summed E-state index contributed by atoms with van der Waals surface area (Å²) in [6, 6.07) is 0.561. The van der Waals surface area contributed by atoms with Crippen LogP contribution in [-0.4, -0.2) is 24.0 Å². The molecule has 3 atom stereocenters. The Labute approximate surface area is 129 Å². The van der Waals surface area contributed by atoms with E-state index in [1.54, 1.807) is 0 Å². The van der Waals surface area contributed by atoms with Gasteiger partial charge in [0.05, 0.1) is 6.54 Å². The van der Waals surface area contributed by atoms with Gasteiger partial charge in [0.25, 0.3) is 0 Å². The molecule has 120 valence electrons. The van der Waals surface area contributed by atoms with Crippen molar-refractivity contribution < 1.29 is 4.79 Å². The van der Waals surface area contributed by atoms with Gasteiger partial charge in [0, 0.05) is 11.6 Å². The van der Waals surface area contributed by atoms with Gasteiger partial charge in [0.15, 0.2) is 0 Å². The molecule has 3 fully saturated rings. The molecule has 3 nitrogen and oxygen atoms in total. The molecule has 3 aliphatic carbocycles. The first kappa shape index (κ1) is 15.3. The number of carbonyl (C=O) groups excluding carboxylic acids is 1. The quantitative estimate of drug-likeness (QED) is 0.835. The van der Waals surface area contributed by atoms with E-state index in [-0.39, 0.29) is 16.9 Å². The summed E-state index contributed by atoms with van der Waals surface area (Å²) in [5.41, 5.74) is 0.220. The van der Waals surface area contributed by atoms with Gasteiger partial charge < -0.3 is 10.6 Å². The third-order valence-corrected chi connectivity index (χ3v) is 7.16. The molecule has 0 aliphatic heterocycles. The number of nitrogens with one attached hydrogen (secondary N) is 2. The van der Waals surface area contributed by atoms with Crippen LogP contribution in [0.2, 0.25) is 0 Å². The molecule has 0 aromatic rings. The Morgan fingerprint density at radius 3 is 2.29 bits per heavy atom. The first-order valence-corrected chi connectivity index (χ1v) is 8.98. The molecule has 0 spiro atoms. The van der Waals surface area contributed by atoms with Crippen LogP contribution in [-0.2, 0) is 4.79 Å². The van der Waals surface area contributed by atoms with Crippen molar-refractivity contribution >= 4 is 5.91 Å². The minimum Gasteiger partial charge on any atom is -0.349 e. The third kappa shape index (κ3) is 2.62. The fourth-order valence-corrected chi connectivity index (χ4v) is 5.25. The van der Waals surface area contributed by atoms with E-state index in [1.807, 2.05) is 0 Å². The molecule has 2 bridgehead atoms. The number of fused-ring (bicyclic) bond motifs is 2. The van der Waals surface area contributed by atoms with E-state index in [9.17, 15) is 4.79 Å². The average Bonchev–Trinajstić information content (AvgIpc) is 3.01. The molecule has 0 heterocycles. The van der Waals surface area contributed by atoms with E-state index in [4.69, 9.17) is 0 Å². The Morgan fingerprint density at radius 1 is 1.00 bits per heavy atom. The topological polar surface area (TPSA) is 41.1 Å². The lowest BCUT2D eigenvalue weighted by atomic mass is 9.64. The first-order chi connectivity index (χ1) is 9.93. The van der Waals surface area contributed by atoms with Gasteiger partial charge >= 0.3 is 0 Å². The Hall–Kier alpha value is -0.570. The molecule has 0 saturated heterocycles. The summed E-state index contributed by atoms with van der Waals surface area (Å²) >= 11 is 0. The summed E-state index contributed by atoms with van der Waals surface area (Å²) in [7, 11) is 0. The van der Waals surface area contributed by atoms with Gasteiger partial charge in [-0.3, -0.25) is 4.79 Å². The highest BCUT2D eigenvalue weighted by atomic mass is 16.2. The van der Waals surface area contributed by atoms with Gasteiger partial charge in [-0.25, -0.2) is 0 Å². The van der Waals surface area contributed by atoms with Crippen LogP contribution in [0.25, 0.3) is 0 Å². The van der Waals surface area contributed by atoms with Crippen LogP contribution in [0, 0.1) is 17.3 Å². The Kier molecular flexibility index (Phi) is 4.06. The normalized spacial score (nSPS) is 38.6. The molecular formula is C18H32N2O. The van der Waals surface area contributed by atoms with Crippen LogP contribution in [0.5, 0.6) is 0 Å². The molecule has 3 aliphatic rings. The van der Waals surface area contributed by atoms with E-state index in [2.05, 4.69) is 31.4 Å². The second kappa shape index (κ2) is 5.57. The van der Waals surface area contributed by atoms with Gasteiger partial charge in [0.1, 0.15) is 0 Å². The maximum absolute atomic E-state index is 12.4. The fourth-order valence-electron chi connectivity index (χ4n) is 5.25. The molecule has 3 rings (SSSR count). The zero-order valence-corrected chi connectivity index (χ0v) is 14.0. The van der Waals surface area contributed by atoms with Crippen molar-refractivity contribution in [2.45, 2.75) is 83.7 Å². The van der Waals surface area contributed by atoms with Crippen LogP contribution in [0.1, 0.15) is 72.1 Å². The molecule has 0 radical (unpaired) electrons. The Bertz CT molecular complexity index is 400. The second-order valence-corrected chi connectivity index (χ2v) is 8.39. The Morgan fingerprint density at radius 2 is 1.67 bits per heavy atom. The molecule has 3 heteroatoms. The molecule has 0 unspecified atom stereocenters. The van der Waals surface area contributed by atoms with Crippen LogP contribution in [0.3, 0.4) is 0 Å². The number of rotatable bonds is 4. The minimum absolute atomic E-state index is 0.0127. The van der Waals surface area contributed by atoms with E-state index in [0.29, 0.717) is 18.5 Å².